The lowest BCUT2D eigenvalue weighted by Gasteiger charge is -2.37. The molecule has 7 heteroatoms. The Morgan fingerprint density at radius 2 is 2.00 bits per heavy atom. The average molecular weight is 374 g/mol. The minimum atomic E-state index is 0.350. The summed E-state index contributed by atoms with van der Waals surface area (Å²) in [7, 11) is 1.71. The predicted molar refractivity (Wildman–Crippen MR) is 106 cm³/mol. The monoisotopic (exact) mass is 373 g/mol. The van der Waals surface area contributed by atoms with Crippen LogP contribution in [0.2, 0.25) is 0 Å². The molecule has 0 saturated carbocycles. The van der Waals surface area contributed by atoms with E-state index in [2.05, 4.69) is 59.4 Å². The zero-order valence-electron chi connectivity index (χ0n) is 17.1. The van der Waals surface area contributed by atoms with Gasteiger partial charge in [-0.25, -0.2) is 4.68 Å². The number of nitrogens with one attached hydrogen (secondary N) is 1. The van der Waals surface area contributed by atoms with Crippen LogP contribution in [0.3, 0.4) is 0 Å². The standard InChI is InChI=1S/C20H32N6O/c1-5-6-18(20-21-22-23-26(20)13-14-27-4)24-9-11-25(12-10-24)19-15-16(2)7-8-17(19)3/h7-8,15,18H,5-6,9-14H2,1-4H3/p+1/t18-/m1/s1. The number of quaternary nitrogens is 1. The van der Waals surface area contributed by atoms with Gasteiger partial charge in [0.2, 0.25) is 5.82 Å². The second-order valence-corrected chi connectivity index (χ2v) is 7.53. The molecule has 0 bridgehead atoms. The molecule has 2 heterocycles. The first-order chi connectivity index (χ1) is 13.1. The number of ether oxygens (including phenoxy) is 1. The van der Waals surface area contributed by atoms with Gasteiger partial charge in [0.05, 0.1) is 39.3 Å². The third-order valence-electron chi connectivity index (χ3n) is 5.56. The molecule has 1 aliphatic rings. The van der Waals surface area contributed by atoms with Crippen LogP contribution >= 0.6 is 0 Å². The number of nitrogens with zero attached hydrogens (tertiary/aromatic N) is 5. The Morgan fingerprint density at radius 3 is 2.70 bits per heavy atom. The fourth-order valence-electron chi connectivity index (χ4n) is 4.05. The highest BCUT2D eigenvalue weighted by Crippen LogP contribution is 2.22. The first-order valence-electron chi connectivity index (χ1n) is 10.1. The predicted octanol–water partition coefficient (Wildman–Crippen LogP) is 1.18. The smallest absolute Gasteiger partial charge is 0.209 e. The molecule has 3 rings (SSSR count). The maximum atomic E-state index is 5.21. The van der Waals surface area contributed by atoms with E-state index < -0.39 is 0 Å². The Balaban J connectivity index is 1.70. The van der Waals surface area contributed by atoms with Crippen molar-refractivity contribution in [1.29, 1.82) is 0 Å². The molecule has 1 N–H and O–H groups in total. The zero-order chi connectivity index (χ0) is 19.2. The Morgan fingerprint density at radius 1 is 1.22 bits per heavy atom. The van der Waals surface area contributed by atoms with Crippen LogP contribution in [0.25, 0.3) is 0 Å². The van der Waals surface area contributed by atoms with Crippen LogP contribution in [0.15, 0.2) is 18.2 Å². The number of aryl methyl sites for hydroxylation is 2. The summed E-state index contributed by atoms with van der Waals surface area (Å²) in [6, 6.07) is 7.09. The molecule has 0 amide bonds. The van der Waals surface area contributed by atoms with Gasteiger partial charge in [-0.2, -0.15) is 0 Å². The largest absolute Gasteiger partial charge is 0.383 e. The molecule has 2 aromatic rings. The number of benzene rings is 1. The van der Waals surface area contributed by atoms with E-state index in [9.17, 15) is 0 Å². The van der Waals surface area contributed by atoms with Crippen molar-refractivity contribution < 1.29 is 9.64 Å². The maximum Gasteiger partial charge on any atom is 0.209 e. The van der Waals surface area contributed by atoms with E-state index in [0.29, 0.717) is 19.2 Å². The summed E-state index contributed by atoms with van der Waals surface area (Å²) >= 11 is 0. The van der Waals surface area contributed by atoms with Gasteiger partial charge in [0, 0.05) is 19.2 Å². The molecule has 27 heavy (non-hydrogen) atoms. The molecule has 0 aliphatic carbocycles. The van der Waals surface area contributed by atoms with Gasteiger partial charge < -0.3 is 14.5 Å². The average Bonchev–Trinajstić information content (AvgIpc) is 3.15. The highest BCUT2D eigenvalue weighted by atomic mass is 16.5. The Labute approximate surface area is 162 Å². The topological polar surface area (TPSA) is 60.5 Å². The van der Waals surface area contributed by atoms with Crippen molar-refractivity contribution in [2.24, 2.45) is 0 Å². The Kier molecular flexibility index (Phi) is 6.79. The maximum absolute atomic E-state index is 5.21. The van der Waals surface area contributed by atoms with Gasteiger partial charge in [-0.05, 0) is 41.5 Å². The van der Waals surface area contributed by atoms with Gasteiger partial charge in [-0.3, -0.25) is 0 Å². The lowest BCUT2D eigenvalue weighted by Crippen LogP contribution is -3.15. The summed E-state index contributed by atoms with van der Waals surface area (Å²) in [5, 5.41) is 12.5. The van der Waals surface area contributed by atoms with Crippen LogP contribution in [0.1, 0.15) is 42.8 Å². The zero-order valence-corrected chi connectivity index (χ0v) is 17.1. The molecular formula is C20H33N6O+. The highest BCUT2D eigenvalue weighted by Gasteiger charge is 2.32. The van der Waals surface area contributed by atoms with Crippen molar-refractivity contribution in [3.8, 4) is 0 Å². The minimum Gasteiger partial charge on any atom is -0.383 e. The van der Waals surface area contributed by atoms with Crippen molar-refractivity contribution in [2.45, 2.75) is 46.2 Å². The van der Waals surface area contributed by atoms with E-state index in [4.69, 9.17) is 4.74 Å². The molecule has 1 aromatic carbocycles. The van der Waals surface area contributed by atoms with Crippen LogP contribution in [-0.4, -0.2) is 60.1 Å². The lowest BCUT2D eigenvalue weighted by molar-refractivity contribution is -0.933. The van der Waals surface area contributed by atoms with Crippen LogP contribution in [-0.2, 0) is 11.3 Å². The number of hydrogen-bond acceptors (Lipinski definition) is 5. The molecule has 148 valence electrons. The number of anilines is 1. The molecule has 0 spiro atoms. The normalized spacial score (nSPS) is 16.7. The molecule has 1 fully saturated rings. The molecule has 1 saturated heterocycles. The molecule has 1 atom stereocenters. The Hall–Kier alpha value is -1.99. The van der Waals surface area contributed by atoms with E-state index in [1.54, 1.807) is 12.0 Å². The Bertz CT molecular complexity index is 723. The first kappa shape index (κ1) is 19.8. The van der Waals surface area contributed by atoms with Crippen molar-refractivity contribution >= 4 is 5.69 Å². The van der Waals surface area contributed by atoms with Gasteiger partial charge in [0.15, 0.2) is 0 Å². The summed E-state index contributed by atoms with van der Waals surface area (Å²) in [6.07, 6.45) is 2.23. The number of aromatic nitrogens is 4. The number of methoxy groups -OCH3 is 1. The molecular weight excluding hydrogens is 340 g/mol. The summed E-state index contributed by atoms with van der Waals surface area (Å²) in [6.45, 7) is 12.3. The summed E-state index contributed by atoms with van der Waals surface area (Å²) in [4.78, 5) is 4.12. The fourth-order valence-corrected chi connectivity index (χ4v) is 4.05. The lowest BCUT2D eigenvalue weighted by atomic mass is 10.1. The van der Waals surface area contributed by atoms with E-state index in [1.807, 2.05) is 4.68 Å². The van der Waals surface area contributed by atoms with Gasteiger partial charge in [0.25, 0.3) is 0 Å². The van der Waals surface area contributed by atoms with Gasteiger partial charge in [-0.1, -0.05) is 25.5 Å². The van der Waals surface area contributed by atoms with Crippen molar-refractivity contribution in [2.75, 3.05) is 44.8 Å². The van der Waals surface area contributed by atoms with E-state index >= 15 is 0 Å². The molecule has 0 unspecified atom stereocenters. The van der Waals surface area contributed by atoms with Crippen molar-refractivity contribution in [1.82, 2.24) is 20.2 Å². The fraction of sp³-hybridized carbons (Fsp3) is 0.650. The third kappa shape index (κ3) is 4.65. The van der Waals surface area contributed by atoms with E-state index in [1.165, 1.54) is 16.8 Å². The molecule has 7 nitrogen and oxygen atoms in total. The number of piperazine rings is 1. The van der Waals surface area contributed by atoms with Gasteiger partial charge in [0.1, 0.15) is 6.04 Å². The second-order valence-electron chi connectivity index (χ2n) is 7.53. The quantitative estimate of drug-likeness (QED) is 0.753. The van der Waals surface area contributed by atoms with Crippen LogP contribution in [0.4, 0.5) is 5.69 Å². The van der Waals surface area contributed by atoms with E-state index in [0.717, 1.165) is 44.8 Å². The first-order valence-corrected chi connectivity index (χ1v) is 10.1. The van der Waals surface area contributed by atoms with Crippen molar-refractivity contribution in [3.05, 3.63) is 35.2 Å². The summed E-state index contributed by atoms with van der Waals surface area (Å²) in [5.41, 5.74) is 4.07. The van der Waals surface area contributed by atoms with Gasteiger partial charge in [-0.15, -0.1) is 5.10 Å². The van der Waals surface area contributed by atoms with Crippen molar-refractivity contribution in [3.63, 3.8) is 0 Å². The number of tetrazole rings is 1. The number of hydrogen-bond donors (Lipinski definition) is 1. The molecule has 0 radical (unpaired) electrons. The van der Waals surface area contributed by atoms with Gasteiger partial charge >= 0.3 is 0 Å². The van der Waals surface area contributed by atoms with Crippen LogP contribution in [0.5, 0.6) is 0 Å². The minimum absolute atomic E-state index is 0.350. The van der Waals surface area contributed by atoms with E-state index in [-0.39, 0.29) is 0 Å². The highest BCUT2D eigenvalue weighted by molar-refractivity contribution is 5.55. The molecule has 1 aromatic heterocycles. The summed E-state index contributed by atoms with van der Waals surface area (Å²) in [5.74, 6) is 1.00. The second kappa shape index (κ2) is 9.28. The third-order valence-corrected chi connectivity index (χ3v) is 5.56. The summed E-state index contributed by atoms with van der Waals surface area (Å²) < 4.78 is 7.13. The van der Waals surface area contributed by atoms with Crippen LogP contribution < -0.4 is 9.80 Å². The number of rotatable bonds is 8. The van der Waals surface area contributed by atoms with Crippen LogP contribution in [0, 0.1) is 13.8 Å². The molecule has 1 aliphatic heterocycles. The SMILES string of the molecule is CCC[C@H](c1nnnn1CCOC)[NH+]1CCN(c2cc(C)ccc2C)CC1.